The van der Waals surface area contributed by atoms with E-state index < -0.39 is 0 Å². The van der Waals surface area contributed by atoms with Crippen molar-refractivity contribution in [1.82, 2.24) is 19.8 Å². The van der Waals surface area contributed by atoms with Crippen molar-refractivity contribution in [2.24, 2.45) is 0 Å². The van der Waals surface area contributed by atoms with E-state index in [1.165, 1.54) is 11.3 Å². The lowest BCUT2D eigenvalue weighted by atomic mass is 10.1. The molecule has 1 saturated heterocycles. The molecule has 1 atom stereocenters. The van der Waals surface area contributed by atoms with Gasteiger partial charge in [-0.05, 0) is 52.8 Å². The number of rotatable bonds is 2. The van der Waals surface area contributed by atoms with Crippen LogP contribution in [0.1, 0.15) is 40.3 Å². The van der Waals surface area contributed by atoms with Crippen molar-refractivity contribution in [3.63, 3.8) is 0 Å². The van der Waals surface area contributed by atoms with Crippen LogP contribution < -0.4 is 5.56 Å². The zero-order valence-electron chi connectivity index (χ0n) is 14.7. The summed E-state index contributed by atoms with van der Waals surface area (Å²) in [6.07, 6.45) is 3.11. The van der Waals surface area contributed by atoms with Crippen molar-refractivity contribution in [2.75, 3.05) is 27.2 Å². The number of aryl methyl sites for hydroxylation is 2. The molecule has 0 unspecified atom stereocenters. The van der Waals surface area contributed by atoms with Crippen LogP contribution in [0.5, 0.6) is 0 Å². The van der Waals surface area contributed by atoms with Gasteiger partial charge in [-0.3, -0.25) is 9.59 Å². The molecule has 1 amide bonds. The Kier molecular flexibility index (Phi) is 4.73. The Morgan fingerprint density at radius 1 is 1.29 bits per heavy atom. The topological polar surface area (TPSA) is 69.3 Å². The first-order chi connectivity index (χ1) is 11.4. The lowest BCUT2D eigenvalue weighted by Crippen LogP contribution is -2.33. The van der Waals surface area contributed by atoms with E-state index in [0.717, 1.165) is 37.9 Å². The fourth-order valence-corrected chi connectivity index (χ4v) is 4.59. The lowest BCUT2D eigenvalue weighted by Gasteiger charge is -2.23. The fourth-order valence-electron chi connectivity index (χ4n) is 3.40. The number of fused-ring (bicyclic) bond motifs is 1. The second kappa shape index (κ2) is 6.64. The minimum absolute atomic E-state index is 0.0342. The summed E-state index contributed by atoms with van der Waals surface area (Å²) in [6.45, 7) is 5.14. The molecule has 130 valence electrons. The minimum atomic E-state index is -0.158. The summed E-state index contributed by atoms with van der Waals surface area (Å²) in [5.41, 5.74) is 0.594. The SMILES string of the molecule is Cc1nc2sc(C(=O)N3CCC[C@@H](N(C)C)CC3)c(C)c2c(=O)[nH]1. The Morgan fingerprint density at radius 2 is 2.04 bits per heavy atom. The standard InChI is InChI=1S/C17H24N4O2S/c1-10-13-15(22)18-11(2)19-16(13)24-14(10)17(23)21-8-5-6-12(7-9-21)20(3)4/h12H,5-9H2,1-4H3,(H,18,19,22)/t12-/m1/s1. The second-order valence-electron chi connectivity index (χ2n) is 6.73. The van der Waals surface area contributed by atoms with Gasteiger partial charge in [-0.1, -0.05) is 0 Å². The van der Waals surface area contributed by atoms with Gasteiger partial charge in [-0.25, -0.2) is 4.98 Å². The van der Waals surface area contributed by atoms with E-state index in [4.69, 9.17) is 0 Å². The first-order valence-corrected chi connectivity index (χ1v) is 9.16. The lowest BCUT2D eigenvalue weighted by molar-refractivity contribution is 0.0763. The summed E-state index contributed by atoms with van der Waals surface area (Å²) in [4.78, 5) is 37.8. The highest BCUT2D eigenvalue weighted by molar-refractivity contribution is 7.20. The van der Waals surface area contributed by atoms with E-state index in [-0.39, 0.29) is 11.5 Å². The highest BCUT2D eigenvalue weighted by Gasteiger charge is 2.26. The van der Waals surface area contributed by atoms with Crippen LogP contribution >= 0.6 is 11.3 Å². The quantitative estimate of drug-likeness (QED) is 0.903. The molecule has 2 aromatic heterocycles. The number of amides is 1. The van der Waals surface area contributed by atoms with Gasteiger partial charge >= 0.3 is 0 Å². The van der Waals surface area contributed by atoms with Crippen LogP contribution in [0.3, 0.4) is 0 Å². The molecule has 7 heteroatoms. The van der Waals surface area contributed by atoms with Gasteiger partial charge in [0.2, 0.25) is 0 Å². The largest absolute Gasteiger partial charge is 0.338 e. The number of thiophene rings is 1. The molecule has 2 aromatic rings. The van der Waals surface area contributed by atoms with Gasteiger partial charge in [0.1, 0.15) is 10.7 Å². The van der Waals surface area contributed by atoms with Crippen molar-refractivity contribution in [3.8, 4) is 0 Å². The van der Waals surface area contributed by atoms with E-state index in [1.54, 1.807) is 6.92 Å². The van der Waals surface area contributed by atoms with Crippen molar-refractivity contribution in [2.45, 2.75) is 39.2 Å². The molecule has 0 aliphatic carbocycles. The molecule has 0 saturated carbocycles. The highest BCUT2D eigenvalue weighted by Crippen LogP contribution is 2.29. The van der Waals surface area contributed by atoms with Crippen LogP contribution in [0, 0.1) is 13.8 Å². The van der Waals surface area contributed by atoms with Crippen molar-refractivity contribution in [1.29, 1.82) is 0 Å². The van der Waals surface area contributed by atoms with Crippen LogP contribution in [0.25, 0.3) is 10.2 Å². The van der Waals surface area contributed by atoms with Crippen molar-refractivity contribution in [3.05, 3.63) is 26.6 Å². The predicted octanol–water partition coefficient (Wildman–Crippen LogP) is 2.16. The number of hydrogen-bond acceptors (Lipinski definition) is 5. The van der Waals surface area contributed by atoms with Gasteiger partial charge < -0.3 is 14.8 Å². The number of aromatic nitrogens is 2. The van der Waals surface area contributed by atoms with Crippen LogP contribution in [0.4, 0.5) is 0 Å². The maximum Gasteiger partial charge on any atom is 0.264 e. The Hall–Kier alpha value is -1.73. The Balaban J connectivity index is 1.90. The maximum atomic E-state index is 13.0. The molecule has 1 aliphatic heterocycles. The van der Waals surface area contributed by atoms with E-state index >= 15 is 0 Å². The number of likely N-dealkylation sites (tertiary alicyclic amines) is 1. The van der Waals surface area contributed by atoms with Gasteiger partial charge in [0, 0.05) is 19.1 Å². The highest BCUT2D eigenvalue weighted by atomic mass is 32.1. The molecule has 1 N–H and O–H groups in total. The summed E-state index contributed by atoms with van der Waals surface area (Å²) < 4.78 is 0. The first-order valence-electron chi connectivity index (χ1n) is 8.34. The number of nitrogens with zero attached hydrogens (tertiary/aromatic N) is 3. The number of hydrogen-bond donors (Lipinski definition) is 1. The normalized spacial score (nSPS) is 19.0. The molecule has 0 bridgehead atoms. The number of aromatic amines is 1. The Labute approximate surface area is 145 Å². The monoisotopic (exact) mass is 348 g/mol. The molecule has 0 aromatic carbocycles. The van der Waals surface area contributed by atoms with Gasteiger partial charge in [0.15, 0.2) is 0 Å². The molecule has 0 radical (unpaired) electrons. The fraction of sp³-hybridized carbons (Fsp3) is 0.588. The smallest absolute Gasteiger partial charge is 0.264 e. The van der Waals surface area contributed by atoms with Crippen LogP contribution in [0.15, 0.2) is 4.79 Å². The molecular weight excluding hydrogens is 324 g/mol. The Morgan fingerprint density at radius 3 is 2.75 bits per heavy atom. The summed E-state index contributed by atoms with van der Waals surface area (Å²) >= 11 is 1.34. The average Bonchev–Trinajstić information content (AvgIpc) is 2.71. The summed E-state index contributed by atoms with van der Waals surface area (Å²) in [7, 11) is 4.19. The summed E-state index contributed by atoms with van der Waals surface area (Å²) in [5, 5.41) is 0.551. The van der Waals surface area contributed by atoms with E-state index in [0.29, 0.717) is 27.0 Å². The average molecular weight is 348 g/mol. The zero-order valence-corrected chi connectivity index (χ0v) is 15.5. The molecule has 24 heavy (non-hydrogen) atoms. The molecule has 3 rings (SSSR count). The van der Waals surface area contributed by atoms with Crippen molar-refractivity contribution >= 4 is 27.5 Å². The van der Waals surface area contributed by atoms with Gasteiger partial charge in [0.25, 0.3) is 11.5 Å². The number of nitrogens with one attached hydrogen (secondary N) is 1. The van der Waals surface area contributed by atoms with Gasteiger partial charge in [-0.15, -0.1) is 11.3 Å². The third kappa shape index (κ3) is 3.10. The van der Waals surface area contributed by atoms with Gasteiger partial charge in [-0.2, -0.15) is 0 Å². The number of carbonyl (C=O) groups is 1. The third-order valence-corrected chi connectivity index (χ3v) is 6.00. The predicted molar refractivity (Wildman–Crippen MR) is 96.9 cm³/mol. The maximum absolute atomic E-state index is 13.0. The van der Waals surface area contributed by atoms with E-state index in [1.807, 2.05) is 11.8 Å². The first kappa shape index (κ1) is 17.1. The van der Waals surface area contributed by atoms with Gasteiger partial charge in [0.05, 0.1) is 10.3 Å². The van der Waals surface area contributed by atoms with Crippen molar-refractivity contribution < 1.29 is 4.79 Å². The van der Waals surface area contributed by atoms with Crippen LogP contribution in [-0.4, -0.2) is 58.9 Å². The van der Waals surface area contributed by atoms with Crippen LogP contribution in [0.2, 0.25) is 0 Å². The zero-order chi connectivity index (χ0) is 17.4. The molecule has 3 heterocycles. The number of H-pyrrole nitrogens is 1. The molecule has 1 aliphatic rings. The van der Waals surface area contributed by atoms with Crippen LogP contribution in [-0.2, 0) is 0 Å². The number of carbonyl (C=O) groups excluding carboxylic acids is 1. The molecule has 1 fully saturated rings. The molecule has 0 spiro atoms. The van der Waals surface area contributed by atoms with E-state index in [2.05, 4.69) is 29.0 Å². The third-order valence-electron chi connectivity index (χ3n) is 4.83. The Bertz CT molecular complexity index is 824. The summed E-state index contributed by atoms with van der Waals surface area (Å²) in [6, 6.07) is 0.526. The summed E-state index contributed by atoms with van der Waals surface area (Å²) in [5.74, 6) is 0.614. The second-order valence-corrected chi connectivity index (χ2v) is 7.73. The molecule has 6 nitrogen and oxygen atoms in total. The molecular formula is C17H24N4O2S. The van der Waals surface area contributed by atoms with E-state index in [9.17, 15) is 9.59 Å². The minimum Gasteiger partial charge on any atom is -0.338 e.